The largest absolute Gasteiger partial charge is 0.480 e. The van der Waals surface area contributed by atoms with Crippen LogP contribution in [0.5, 0.6) is 0 Å². The number of nitrogens with one attached hydrogen (secondary N) is 1. The van der Waals surface area contributed by atoms with Gasteiger partial charge in [0.25, 0.3) is 0 Å². The standard InChI is InChI=1S/C40H69NO5/c1-3-5-7-9-11-13-15-16-18-20-22-27-31-35-40(45)46-37(32-28-24-21-19-17-14-12-10-8-6-4-2)33-29-25-23-26-30-34-38(42)41-36-39(43)44/h12-15,19,21,28,32,37H,3-11,16-18,20,22-27,29-31,33-36H2,1-2H3,(H,41,42)(H,43,44)/b14-12-,15-13-,21-19-,32-28-. The lowest BCUT2D eigenvalue weighted by Gasteiger charge is -2.14. The Morgan fingerprint density at radius 3 is 1.72 bits per heavy atom. The van der Waals surface area contributed by atoms with Crippen LogP contribution in [-0.4, -0.2) is 35.6 Å². The first-order chi connectivity index (χ1) is 22.5. The minimum atomic E-state index is -1.03. The number of carboxylic acids is 1. The Balaban J connectivity index is 4.34. The van der Waals surface area contributed by atoms with Crippen LogP contribution in [0, 0.1) is 0 Å². The van der Waals surface area contributed by atoms with Gasteiger partial charge in [-0.15, -0.1) is 0 Å². The van der Waals surface area contributed by atoms with Crippen LogP contribution in [0.25, 0.3) is 0 Å². The van der Waals surface area contributed by atoms with E-state index in [4.69, 9.17) is 9.84 Å². The van der Waals surface area contributed by atoms with Crippen LogP contribution >= 0.6 is 0 Å². The highest BCUT2D eigenvalue weighted by atomic mass is 16.5. The summed E-state index contributed by atoms with van der Waals surface area (Å²) in [6, 6.07) is 0. The second-order valence-electron chi connectivity index (χ2n) is 12.5. The van der Waals surface area contributed by atoms with Gasteiger partial charge in [0.05, 0.1) is 0 Å². The Morgan fingerprint density at radius 2 is 1.07 bits per heavy atom. The number of ether oxygens (including phenoxy) is 1. The van der Waals surface area contributed by atoms with Crippen LogP contribution in [0.1, 0.15) is 174 Å². The smallest absolute Gasteiger partial charge is 0.322 e. The Hall–Kier alpha value is -2.63. The van der Waals surface area contributed by atoms with Gasteiger partial charge in [-0.05, 0) is 83.1 Å². The minimum Gasteiger partial charge on any atom is -0.480 e. The van der Waals surface area contributed by atoms with Crippen molar-refractivity contribution in [3.8, 4) is 0 Å². The van der Waals surface area contributed by atoms with Crippen molar-refractivity contribution in [1.82, 2.24) is 5.32 Å². The first-order valence-corrected chi connectivity index (χ1v) is 18.8. The SMILES string of the molecule is CCCCC/C=C\C/C=C\C/C=C\C(CCCCCCCC(=O)NCC(=O)O)OC(=O)CCCCCCC/C=C\CCCCCC. The molecule has 0 aliphatic rings. The van der Waals surface area contributed by atoms with E-state index < -0.39 is 5.97 Å². The average Bonchev–Trinajstić information content (AvgIpc) is 3.04. The summed E-state index contributed by atoms with van der Waals surface area (Å²) in [6.45, 7) is 4.15. The molecule has 1 amide bonds. The third-order valence-electron chi connectivity index (χ3n) is 7.96. The van der Waals surface area contributed by atoms with Crippen molar-refractivity contribution in [1.29, 1.82) is 0 Å². The average molecular weight is 644 g/mol. The molecule has 1 unspecified atom stereocenters. The van der Waals surface area contributed by atoms with E-state index in [-0.39, 0.29) is 24.5 Å². The van der Waals surface area contributed by atoms with Gasteiger partial charge in [-0.3, -0.25) is 14.4 Å². The molecular weight excluding hydrogens is 574 g/mol. The van der Waals surface area contributed by atoms with Gasteiger partial charge in [0.2, 0.25) is 5.91 Å². The molecule has 0 aromatic heterocycles. The summed E-state index contributed by atoms with van der Waals surface area (Å²) < 4.78 is 5.88. The lowest BCUT2D eigenvalue weighted by molar-refractivity contribution is -0.147. The molecule has 0 aromatic rings. The van der Waals surface area contributed by atoms with Crippen molar-refractivity contribution >= 4 is 17.8 Å². The molecule has 0 saturated heterocycles. The number of amides is 1. The quantitative estimate of drug-likeness (QED) is 0.0422. The van der Waals surface area contributed by atoms with Gasteiger partial charge in [0, 0.05) is 12.8 Å². The molecule has 6 nitrogen and oxygen atoms in total. The first-order valence-electron chi connectivity index (χ1n) is 18.8. The summed E-state index contributed by atoms with van der Waals surface area (Å²) in [5, 5.41) is 11.0. The van der Waals surface area contributed by atoms with Crippen LogP contribution in [0.15, 0.2) is 48.6 Å². The second-order valence-corrected chi connectivity index (χ2v) is 12.5. The summed E-state index contributed by atoms with van der Waals surface area (Å²) in [5.41, 5.74) is 0. The number of carbonyl (C=O) groups excluding carboxylic acids is 2. The highest BCUT2D eigenvalue weighted by Crippen LogP contribution is 2.15. The predicted octanol–water partition coefficient (Wildman–Crippen LogP) is 11.1. The van der Waals surface area contributed by atoms with Gasteiger partial charge in [0.15, 0.2) is 0 Å². The van der Waals surface area contributed by atoms with Crippen molar-refractivity contribution in [2.45, 2.75) is 180 Å². The Kier molecular flexibility index (Phi) is 33.2. The van der Waals surface area contributed by atoms with Crippen LogP contribution in [-0.2, 0) is 19.1 Å². The number of aliphatic carboxylic acids is 1. The van der Waals surface area contributed by atoms with Gasteiger partial charge in [-0.25, -0.2) is 0 Å². The number of unbranched alkanes of at least 4 members (excludes halogenated alkanes) is 16. The predicted molar refractivity (Wildman–Crippen MR) is 194 cm³/mol. The molecule has 0 spiro atoms. The van der Waals surface area contributed by atoms with Crippen LogP contribution < -0.4 is 5.32 Å². The van der Waals surface area contributed by atoms with Crippen molar-refractivity contribution in [2.24, 2.45) is 0 Å². The Morgan fingerprint density at radius 1 is 0.587 bits per heavy atom. The van der Waals surface area contributed by atoms with Gasteiger partial charge in [-0.1, -0.05) is 127 Å². The first kappa shape index (κ1) is 43.4. The molecule has 0 radical (unpaired) electrons. The van der Waals surface area contributed by atoms with E-state index in [1.165, 1.54) is 70.6 Å². The van der Waals surface area contributed by atoms with Crippen LogP contribution in [0.4, 0.5) is 0 Å². The fraction of sp³-hybridized carbons (Fsp3) is 0.725. The lowest BCUT2D eigenvalue weighted by atomic mass is 10.1. The maximum Gasteiger partial charge on any atom is 0.322 e. The molecule has 46 heavy (non-hydrogen) atoms. The van der Waals surface area contributed by atoms with Gasteiger partial charge >= 0.3 is 11.9 Å². The molecule has 0 rings (SSSR count). The van der Waals surface area contributed by atoms with E-state index in [2.05, 4.69) is 61.7 Å². The van der Waals surface area contributed by atoms with E-state index in [0.717, 1.165) is 77.0 Å². The zero-order chi connectivity index (χ0) is 33.8. The van der Waals surface area contributed by atoms with Gasteiger partial charge < -0.3 is 15.2 Å². The van der Waals surface area contributed by atoms with E-state index >= 15 is 0 Å². The maximum atomic E-state index is 12.6. The number of esters is 1. The normalized spacial score (nSPS) is 12.6. The molecule has 6 heteroatoms. The summed E-state index contributed by atoms with van der Waals surface area (Å²) in [5.74, 6) is -1.34. The molecule has 0 bridgehead atoms. The van der Waals surface area contributed by atoms with Crippen LogP contribution in [0.3, 0.4) is 0 Å². The number of hydrogen-bond acceptors (Lipinski definition) is 4. The lowest BCUT2D eigenvalue weighted by Crippen LogP contribution is -2.28. The second kappa shape index (κ2) is 35.2. The molecule has 264 valence electrons. The molecule has 0 heterocycles. The zero-order valence-corrected chi connectivity index (χ0v) is 29.7. The molecule has 0 aromatic carbocycles. The van der Waals surface area contributed by atoms with E-state index in [1.54, 1.807) is 0 Å². The third-order valence-corrected chi connectivity index (χ3v) is 7.96. The third kappa shape index (κ3) is 34.2. The highest BCUT2D eigenvalue weighted by molar-refractivity contribution is 5.80. The van der Waals surface area contributed by atoms with Gasteiger partial charge in [0.1, 0.15) is 12.6 Å². The summed E-state index contributed by atoms with van der Waals surface area (Å²) in [7, 11) is 0. The maximum absolute atomic E-state index is 12.6. The molecule has 0 saturated carbocycles. The zero-order valence-electron chi connectivity index (χ0n) is 29.7. The molecule has 1 atom stereocenters. The summed E-state index contributed by atoms with van der Waals surface area (Å²) in [6.07, 6.45) is 43.8. The van der Waals surface area contributed by atoms with Crippen LogP contribution in [0.2, 0.25) is 0 Å². The number of rotatable bonds is 33. The van der Waals surface area contributed by atoms with E-state index in [0.29, 0.717) is 12.8 Å². The molecule has 2 N–H and O–H groups in total. The monoisotopic (exact) mass is 644 g/mol. The number of carboxylic acid groups (broad SMARTS) is 1. The van der Waals surface area contributed by atoms with E-state index in [1.807, 2.05) is 6.08 Å². The fourth-order valence-electron chi connectivity index (χ4n) is 5.14. The topological polar surface area (TPSA) is 92.7 Å². The Labute approximate surface area is 282 Å². The van der Waals surface area contributed by atoms with Crippen molar-refractivity contribution in [3.05, 3.63) is 48.6 Å². The number of allylic oxidation sites excluding steroid dienone is 7. The minimum absolute atomic E-state index is 0.100. The van der Waals surface area contributed by atoms with Crippen molar-refractivity contribution in [3.63, 3.8) is 0 Å². The van der Waals surface area contributed by atoms with Gasteiger partial charge in [-0.2, -0.15) is 0 Å². The number of hydrogen-bond donors (Lipinski definition) is 2. The molecule has 0 aliphatic carbocycles. The fourth-order valence-corrected chi connectivity index (χ4v) is 5.14. The highest BCUT2D eigenvalue weighted by Gasteiger charge is 2.11. The molecule has 0 fully saturated rings. The van der Waals surface area contributed by atoms with Crippen molar-refractivity contribution < 1.29 is 24.2 Å². The van der Waals surface area contributed by atoms with Crippen molar-refractivity contribution in [2.75, 3.05) is 6.54 Å². The molecular formula is C40H69NO5. The molecule has 0 aliphatic heterocycles. The Bertz CT molecular complexity index is 845. The summed E-state index contributed by atoms with van der Waals surface area (Å²) in [4.78, 5) is 34.8. The summed E-state index contributed by atoms with van der Waals surface area (Å²) >= 11 is 0. The van der Waals surface area contributed by atoms with E-state index in [9.17, 15) is 14.4 Å². The number of carbonyl (C=O) groups is 3.